The van der Waals surface area contributed by atoms with Crippen LogP contribution in [0, 0.1) is 0 Å². The lowest BCUT2D eigenvalue weighted by atomic mass is 10.0. The fraction of sp³-hybridized carbons (Fsp3) is 0.382. The van der Waals surface area contributed by atoms with Gasteiger partial charge in [0.1, 0.15) is 30.2 Å². The fourth-order valence-corrected chi connectivity index (χ4v) is 5.44. The van der Waals surface area contributed by atoms with Crippen molar-refractivity contribution in [1.82, 2.24) is 36.9 Å². The monoisotopic (exact) mass is 772 g/mol. The van der Waals surface area contributed by atoms with Gasteiger partial charge in [0, 0.05) is 41.4 Å². The maximum absolute atomic E-state index is 13.7. The van der Waals surface area contributed by atoms with E-state index in [1.165, 1.54) is 6.92 Å². The average molecular weight is 773 g/mol. The molecule has 3 rings (SSSR count). The summed E-state index contributed by atoms with van der Waals surface area (Å²) in [5, 5.41) is 34.7. The van der Waals surface area contributed by atoms with Gasteiger partial charge in [-0.05, 0) is 24.1 Å². The summed E-state index contributed by atoms with van der Waals surface area (Å²) < 4.78 is 0. The quantitative estimate of drug-likeness (QED) is 0.0550. The molecule has 19 heteroatoms. The summed E-state index contributed by atoms with van der Waals surface area (Å²) in [4.78, 5) is 92.4. The number of H-pyrrole nitrogens is 1. The maximum Gasteiger partial charge on any atom is 0.326 e. The molecule has 3 aromatic rings. The van der Waals surface area contributed by atoms with Gasteiger partial charge in [-0.25, -0.2) is 4.79 Å². The number of aliphatic hydroxyl groups is 1. The first kappa shape index (κ1) is 42.3. The molecule has 0 aliphatic carbocycles. The van der Waals surface area contributed by atoms with Crippen LogP contribution in [0.1, 0.15) is 18.1 Å². The molecule has 53 heavy (non-hydrogen) atoms. The summed E-state index contributed by atoms with van der Waals surface area (Å²) in [7, 11) is 0. The van der Waals surface area contributed by atoms with Crippen LogP contribution in [-0.4, -0.2) is 118 Å². The number of aliphatic hydroxyl groups excluding tert-OH is 1. The maximum atomic E-state index is 13.7. The van der Waals surface area contributed by atoms with Crippen molar-refractivity contribution >= 4 is 77.6 Å². The number of nitrogens with two attached hydrogens (primary N) is 1. The van der Waals surface area contributed by atoms with Crippen molar-refractivity contribution < 1.29 is 43.8 Å². The van der Waals surface area contributed by atoms with Gasteiger partial charge >= 0.3 is 5.97 Å². The molecule has 0 fully saturated rings. The van der Waals surface area contributed by atoms with Crippen molar-refractivity contribution in [2.24, 2.45) is 5.73 Å². The number of fused-ring (bicyclic) bond motifs is 1. The van der Waals surface area contributed by atoms with E-state index in [2.05, 4.69) is 62.1 Å². The Hall–Kier alpha value is -5.11. The van der Waals surface area contributed by atoms with Gasteiger partial charge in [0.2, 0.25) is 35.4 Å². The normalized spacial score (nSPS) is 14.4. The molecule has 0 aliphatic rings. The van der Waals surface area contributed by atoms with E-state index in [1.807, 2.05) is 18.2 Å². The highest BCUT2D eigenvalue weighted by atomic mass is 32.1. The zero-order valence-electron chi connectivity index (χ0n) is 28.7. The molecule has 6 atom stereocenters. The van der Waals surface area contributed by atoms with Crippen LogP contribution in [0.15, 0.2) is 60.8 Å². The second-order valence-corrected chi connectivity index (χ2v) is 12.7. The molecule has 0 aliphatic heterocycles. The van der Waals surface area contributed by atoms with E-state index in [1.54, 1.807) is 42.6 Å². The van der Waals surface area contributed by atoms with E-state index >= 15 is 0 Å². The van der Waals surface area contributed by atoms with Crippen LogP contribution >= 0.6 is 25.3 Å². The predicted octanol–water partition coefficient (Wildman–Crippen LogP) is -2.22. The number of carboxylic acid groups (broad SMARTS) is 1. The van der Waals surface area contributed by atoms with Gasteiger partial charge in [-0.2, -0.15) is 25.3 Å². The highest BCUT2D eigenvalue weighted by Gasteiger charge is 2.31. The van der Waals surface area contributed by atoms with Crippen molar-refractivity contribution in [3.8, 4) is 0 Å². The molecule has 2 aromatic carbocycles. The van der Waals surface area contributed by atoms with Gasteiger partial charge in [-0.1, -0.05) is 48.5 Å². The molecule has 0 saturated heterocycles. The van der Waals surface area contributed by atoms with Gasteiger partial charge in [-0.15, -0.1) is 0 Å². The van der Waals surface area contributed by atoms with Gasteiger partial charge < -0.3 is 52.8 Å². The molecule has 0 saturated carbocycles. The number of aliphatic carboxylic acids is 1. The van der Waals surface area contributed by atoms with E-state index in [9.17, 15) is 43.8 Å². The number of carbonyl (C=O) groups is 7. The summed E-state index contributed by atoms with van der Waals surface area (Å²) in [5.41, 5.74) is 7.63. The lowest BCUT2D eigenvalue weighted by Crippen LogP contribution is -2.60. The van der Waals surface area contributed by atoms with Crippen LogP contribution in [0.4, 0.5) is 0 Å². The largest absolute Gasteiger partial charge is 0.480 e. The van der Waals surface area contributed by atoms with Crippen molar-refractivity contribution in [3.63, 3.8) is 0 Å². The molecule has 0 spiro atoms. The fourth-order valence-electron chi connectivity index (χ4n) is 5.02. The van der Waals surface area contributed by atoms with Crippen LogP contribution in [0.2, 0.25) is 0 Å². The molecule has 0 radical (unpaired) electrons. The minimum absolute atomic E-state index is 0.00115. The number of amides is 6. The van der Waals surface area contributed by atoms with Crippen molar-refractivity contribution in [2.45, 2.75) is 56.0 Å². The van der Waals surface area contributed by atoms with Gasteiger partial charge in [0.05, 0.1) is 19.2 Å². The topological polar surface area (TPSA) is 274 Å². The highest BCUT2D eigenvalue weighted by Crippen LogP contribution is 2.19. The third-order valence-corrected chi connectivity index (χ3v) is 8.75. The second-order valence-electron chi connectivity index (χ2n) is 12.0. The van der Waals surface area contributed by atoms with Crippen molar-refractivity contribution in [1.29, 1.82) is 0 Å². The number of hydrogen-bond acceptors (Lipinski definition) is 11. The van der Waals surface area contributed by atoms with Crippen molar-refractivity contribution in [3.05, 3.63) is 71.9 Å². The minimum Gasteiger partial charge on any atom is -0.480 e. The van der Waals surface area contributed by atoms with Gasteiger partial charge in [0.15, 0.2) is 0 Å². The Bertz CT molecular complexity index is 1760. The number of benzene rings is 2. The average Bonchev–Trinajstić information content (AvgIpc) is 3.56. The SMILES string of the molecule is C[C@H](NC(=O)[C@H](Cc1c[nH]c2ccccc12)NC(=O)[C@H](CS)NC(=O)[C@H](CO)NC(=O)CNC(=O)[C@@H](N)CS)C(=O)N[C@@H](Cc1ccccc1)C(=O)O. The Morgan fingerprint density at radius 3 is 1.96 bits per heavy atom. The third kappa shape index (κ3) is 12.8. The molecule has 6 amide bonds. The number of hydrogen-bond donors (Lipinski definition) is 12. The number of carbonyl (C=O) groups excluding carboxylic acids is 6. The Morgan fingerprint density at radius 2 is 1.32 bits per heavy atom. The zero-order valence-corrected chi connectivity index (χ0v) is 30.5. The van der Waals surface area contributed by atoms with Gasteiger partial charge in [0.25, 0.3) is 0 Å². The molecule has 0 unspecified atom stereocenters. The first-order valence-electron chi connectivity index (χ1n) is 16.5. The van der Waals surface area contributed by atoms with E-state index in [4.69, 9.17) is 5.73 Å². The highest BCUT2D eigenvalue weighted by molar-refractivity contribution is 7.80. The molecule has 1 aromatic heterocycles. The van der Waals surface area contributed by atoms with Crippen molar-refractivity contribution in [2.75, 3.05) is 24.7 Å². The number of nitrogens with one attached hydrogen (secondary N) is 7. The first-order valence-corrected chi connectivity index (χ1v) is 17.7. The van der Waals surface area contributed by atoms with Crippen LogP contribution in [-0.2, 0) is 46.4 Å². The Balaban J connectivity index is 1.72. The Kier molecular flexibility index (Phi) is 16.6. The van der Waals surface area contributed by atoms with E-state index in [0.717, 1.165) is 10.9 Å². The molecule has 1 heterocycles. The molecule has 0 bridgehead atoms. The second kappa shape index (κ2) is 20.8. The summed E-state index contributed by atoms with van der Waals surface area (Å²) in [6.45, 7) is -0.0483. The van der Waals surface area contributed by atoms with E-state index < -0.39 is 90.8 Å². The Labute approximate surface area is 315 Å². The molecule has 17 nitrogen and oxygen atoms in total. The number of carboxylic acids is 1. The van der Waals surface area contributed by atoms with E-state index in [-0.39, 0.29) is 24.3 Å². The van der Waals surface area contributed by atoms with Gasteiger partial charge in [-0.3, -0.25) is 28.8 Å². The van der Waals surface area contributed by atoms with Crippen LogP contribution in [0.5, 0.6) is 0 Å². The molecular weight excluding hydrogens is 729 g/mol. The third-order valence-electron chi connectivity index (χ3n) is 7.99. The number of aromatic amines is 1. The van der Waals surface area contributed by atoms with E-state index in [0.29, 0.717) is 11.1 Å². The Morgan fingerprint density at radius 1 is 0.717 bits per heavy atom. The summed E-state index contributed by atoms with van der Waals surface area (Å²) in [6, 6.07) is 8.26. The molecule has 11 N–H and O–H groups in total. The molecule has 286 valence electrons. The smallest absolute Gasteiger partial charge is 0.326 e. The minimum atomic E-state index is -1.52. The summed E-state index contributed by atoms with van der Waals surface area (Å²) in [5.74, 6) is -6.35. The zero-order chi connectivity index (χ0) is 39.1. The number of thiol groups is 2. The molecular formula is C34H44N8O9S2. The van der Waals surface area contributed by atoms with Crippen LogP contribution in [0.25, 0.3) is 10.9 Å². The first-order chi connectivity index (χ1) is 25.3. The van der Waals surface area contributed by atoms with Crippen LogP contribution < -0.4 is 37.6 Å². The lowest BCUT2D eigenvalue weighted by Gasteiger charge is -2.25. The summed E-state index contributed by atoms with van der Waals surface area (Å²) >= 11 is 8.07. The van der Waals surface area contributed by atoms with Crippen LogP contribution in [0.3, 0.4) is 0 Å². The number of rotatable bonds is 20. The lowest BCUT2D eigenvalue weighted by molar-refractivity contribution is -0.142. The predicted molar refractivity (Wildman–Crippen MR) is 201 cm³/mol. The summed E-state index contributed by atoms with van der Waals surface area (Å²) in [6.07, 6.45) is 1.60. The standard InChI is InChI=1S/C34H44N8O9S2/c1-18(29(45)41-25(34(50)51)11-19-7-3-2-4-8-19)38-31(47)24(12-20-13-36-23-10-6-5-9-21(20)23)40-33(49)27(17-53)42-32(48)26(15-43)39-28(44)14-37-30(46)22(35)16-52/h2-10,13,18,22,24-27,36,43,52-53H,11-12,14-17,35H2,1H3,(H,37,46)(H,38,47)(H,39,44)(H,40,49)(H,41,45)(H,42,48)(H,50,51)/t18-,22-,24-,25-,26-,27-/m0/s1. The number of aromatic nitrogens is 1. The number of para-hydroxylation sites is 1.